The Morgan fingerprint density at radius 1 is 1.31 bits per heavy atom. The van der Waals surface area contributed by atoms with Gasteiger partial charge < -0.3 is 15.2 Å². The van der Waals surface area contributed by atoms with E-state index in [2.05, 4.69) is 5.32 Å². The maximum atomic E-state index is 12.1. The van der Waals surface area contributed by atoms with Crippen LogP contribution in [0.5, 0.6) is 0 Å². The van der Waals surface area contributed by atoms with Crippen LogP contribution in [0.15, 0.2) is 0 Å². The number of hydrogen-bond acceptors (Lipinski definition) is 3. The highest BCUT2D eigenvalue weighted by Crippen LogP contribution is 2.32. The molecule has 94 valence electrons. The fourth-order valence-electron chi connectivity index (χ4n) is 2.17. The fraction of sp³-hybridized carbons (Fsp3) is 0.917. The van der Waals surface area contributed by atoms with Gasteiger partial charge in [0.1, 0.15) is 0 Å². The Morgan fingerprint density at radius 2 is 1.88 bits per heavy atom. The maximum absolute atomic E-state index is 12.1. The van der Waals surface area contributed by atoms with E-state index in [1.54, 1.807) is 13.8 Å². The molecule has 4 heteroatoms. The van der Waals surface area contributed by atoms with Crippen LogP contribution in [0.25, 0.3) is 0 Å². The van der Waals surface area contributed by atoms with Crippen molar-refractivity contribution in [3.05, 3.63) is 0 Å². The molecule has 1 fully saturated rings. The van der Waals surface area contributed by atoms with Crippen molar-refractivity contribution in [3.8, 4) is 0 Å². The number of aliphatic hydroxyl groups is 1. The molecule has 0 saturated carbocycles. The molecule has 0 aromatic carbocycles. The zero-order chi connectivity index (χ0) is 12.5. The third-order valence-electron chi connectivity index (χ3n) is 3.40. The smallest absolute Gasteiger partial charge is 0.226 e. The molecule has 4 atom stereocenters. The number of hydrogen-bond donors (Lipinski definition) is 2. The molecule has 1 saturated heterocycles. The Bertz CT molecular complexity index is 265. The molecule has 1 aliphatic rings. The molecule has 1 aliphatic heterocycles. The van der Waals surface area contributed by atoms with Crippen LogP contribution < -0.4 is 5.32 Å². The van der Waals surface area contributed by atoms with Gasteiger partial charge in [-0.1, -0.05) is 6.92 Å². The van der Waals surface area contributed by atoms with Gasteiger partial charge in [-0.2, -0.15) is 0 Å². The van der Waals surface area contributed by atoms with E-state index in [0.717, 1.165) is 0 Å². The van der Waals surface area contributed by atoms with Crippen molar-refractivity contribution in [1.82, 2.24) is 5.32 Å². The van der Waals surface area contributed by atoms with Gasteiger partial charge in [0.25, 0.3) is 0 Å². The van der Waals surface area contributed by atoms with Crippen molar-refractivity contribution < 1.29 is 14.6 Å². The second kappa shape index (κ2) is 4.72. The Balaban J connectivity index is 2.67. The number of carbonyl (C=O) groups is 1. The second-order valence-electron chi connectivity index (χ2n) is 5.46. The molecule has 4 unspecified atom stereocenters. The van der Waals surface area contributed by atoms with E-state index in [-0.39, 0.29) is 36.6 Å². The molecule has 1 amide bonds. The number of carbonyl (C=O) groups excluding carboxylic acids is 1. The average molecular weight is 229 g/mol. The summed E-state index contributed by atoms with van der Waals surface area (Å²) in [6.45, 7) is 9.50. The Kier molecular flexibility index (Phi) is 3.97. The Labute approximate surface area is 97.4 Å². The molecular weight excluding hydrogens is 206 g/mol. The normalized spacial score (nSPS) is 35.1. The first-order chi connectivity index (χ1) is 7.28. The van der Waals surface area contributed by atoms with Crippen LogP contribution in [0, 0.1) is 11.8 Å². The highest BCUT2D eigenvalue weighted by atomic mass is 16.5. The molecular formula is C12H23NO3. The van der Waals surface area contributed by atoms with Crippen molar-refractivity contribution in [2.24, 2.45) is 11.8 Å². The lowest BCUT2D eigenvalue weighted by atomic mass is 9.88. The molecule has 0 aromatic heterocycles. The fourth-order valence-corrected chi connectivity index (χ4v) is 2.17. The summed E-state index contributed by atoms with van der Waals surface area (Å²) in [5.74, 6) is 0.0636. The minimum absolute atomic E-state index is 0.0246. The predicted octanol–water partition coefficient (Wildman–Crippen LogP) is 0.933. The van der Waals surface area contributed by atoms with Gasteiger partial charge in [0, 0.05) is 0 Å². The zero-order valence-electron chi connectivity index (χ0n) is 10.8. The molecule has 1 rings (SSSR count). The molecule has 4 nitrogen and oxygen atoms in total. The quantitative estimate of drug-likeness (QED) is 0.757. The summed E-state index contributed by atoms with van der Waals surface area (Å²) < 4.78 is 5.63. The zero-order valence-corrected chi connectivity index (χ0v) is 10.8. The highest BCUT2D eigenvalue weighted by Gasteiger charge is 2.42. The van der Waals surface area contributed by atoms with Crippen molar-refractivity contribution in [1.29, 1.82) is 0 Å². The molecule has 1 heterocycles. The first-order valence-electron chi connectivity index (χ1n) is 5.87. The topological polar surface area (TPSA) is 58.6 Å². The SMILES string of the molecule is CC1OC(C)C(C(=O)NC(C)(C)CO)C1C. The molecule has 2 N–H and O–H groups in total. The average Bonchev–Trinajstić information content (AvgIpc) is 2.40. The van der Waals surface area contributed by atoms with Crippen LogP contribution in [0.1, 0.15) is 34.6 Å². The van der Waals surface area contributed by atoms with E-state index in [0.29, 0.717) is 0 Å². The van der Waals surface area contributed by atoms with E-state index in [1.807, 2.05) is 20.8 Å². The maximum Gasteiger partial charge on any atom is 0.226 e. The van der Waals surface area contributed by atoms with Gasteiger partial charge in [-0.05, 0) is 33.6 Å². The van der Waals surface area contributed by atoms with Crippen LogP contribution in [-0.4, -0.2) is 35.4 Å². The van der Waals surface area contributed by atoms with Crippen LogP contribution in [-0.2, 0) is 9.53 Å². The summed E-state index contributed by atoms with van der Waals surface area (Å²) in [4.78, 5) is 12.1. The summed E-state index contributed by atoms with van der Waals surface area (Å²) in [5, 5.41) is 12.0. The lowest BCUT2D eigenvalue weighted by Crippen LogP contribution is -2.50. The summed E-state index contributed by atoms with van der Waals surface area (Å²) in [6.07, 6.45) is 0.0579. The number of ether oxygens (including phenoxy) is 1. The Morgan fingerprint density at radius 3 is 2.25 bits per heavy atom. The van der Waals surface area contributed by atoms with Gasteiger partial charge in [0.15, 0.2) is 0 Å². The molecule has 0 aromatic rings. The standard InChI is InChI=1S/C12H23NO3/c1-7-8(2)16-9(3)10(7)11(15)13-12(4,5)6-14/h7-10,14H,6H2,1-5H3,(H,13,15). The molecule has 0 aliphatic carbocycles. The van der Waals surface area contributed by atoms with E-state index >= 15 is 0 Å². The molecule has 0 spiro atoms. The third kappa shape index (κ3) is 2.74. The van der Waals surface area contributed by atoms with Crippen molar-refractivity contribution >= 4 is 5.91 Å². The van der Waals surface area contributed by atoms with Crippen LogP contribution >= 0.6 is 0 Å². The monoisotopic (exact) mass is 229 g/mol. The molecule has 0 bridgehead atoms. The minimum Gasteiger partial charge on any atom is -0.394 e. The van der Waals surface area contributed by atoms with Crippen LogP contribution in [0.4, 0.5) is 0 Å². The lowest BCUT2D eigenvalue weighted by Gasteiger charge is -2.27. The number of aliphatic hydroxyl groups excluding tert-OH is 1. The largest absolute Gasteiger partial charge is 0.394 e. The first kappa shape index (κ1) is 13.5. The summed E-state index contributed by atoms with van der Waals surface area (Å²) in [6, 6.07) is 0. The van der Waals surface area contributed by atoms with E-state index < -0.39 is 5.54 Å². The minimum atomic E-state index is -0.567. The summed E-state index contributed by atoms with van der Waals surface area (Å²) in [7, 11) is 0. The van der Waals surface area contributed by atoms with Crippen molar-refractivity contribution in [2.45, 2.75) is 52.4 Å². The van der Waals surface area contributed by atoms with Gasteiger partial charge in [-0.15, -0.1) is 0 Å². The van der Waals surface area contributed by atoms with Gasteiger partial charge in [0.05, 0.1) is 30.3 Å². The van der Waals surface area contributed by atoms with Gasteiger partial charge in [-0.25, -0.2) is 0 Å². The molecule has 16 heavy (non-hydrogen) atoms. The van der Waals surface area contributed by atoms with E-state index in [9.17, 15) is 4.79 Å². The highest BCUT2D eigenvalue weighted by molar-refractivity contribution is 5.80. The predicted molar refractivity (Wildman–Crippen MR) is 62.0 cm³/mol. The van der Waals surface area contributed by atoms with Crippen molar-refractivity contribution in [3.63, 3.8) is 0 Å². The molecule has 0 radical (unpaired) electrons. The lowest BCUT2D eigenvalue weighted by molar-refractivity contribution is -0.129. The van der Waals surface area contributed by atoms with Crippen LogP contribution in [0.3, 0.4) is 0 Å². The van der Waals surface area contributed by atoms with Crippen LogP contribution in [0.2, 0.25) is 0 Å². The number of nitrogens with one attached hydrogen (secondary N) is 1. The first-order valence-corrected chi connectivity index (χ1v) is 5.87. The number of rotatable bonds is 3. The van der Waals surface area contributed by atoms with Gasteiger partial charge >= 0.3 is 0 Å². The van der Waals surface area contributed by atoms with E-state index in [1.165, 1.54) is 0 Å². The van der Waals surface area contributed by atoms with E-state index in [4.69, 9.17) is 9.84 Å². The third-order valence-corrected chi connectivity index (χ3v) is 3.40. The van der Waals surface area contributed by atoms with Gasteiger partial charge in [0.2, 0.25) is 5.91 Å². The summed E-state index contributed by atoms with van der Waals surface area (Å²) in [5.41, 5.74) is -0.567. The Hall–Kier alpha value is -0.610. The summed E-state index contributed by atoms with van der Waals surface area (Å²) >= 11 is 0. The number of amides is 1. The van der Waals surface area contributed by atoms with Crippen molar-refractivity contribution in [2.75, 3.05) is 6.61 Å². The second-order valence-corrected chi connectivity index (χ2v) is 5.46. The van der Waals surface area contributed by atoms with Gasteiger partial charge in [-0.3, -0.25) is 4.79 Å².